The molecule has 17 heavy (non-hydrogen) atoms. The number of likely N-dealkylation sites (tertiary alicyclic amines) is 1. The summed E-state index contributed by atoms with van der Waals surface area (Å²) in [4.78, 5) is 35.0. The van der Waals surface area contributed by atoms with E-state index in [-0.39, 0.29) is 0 Å². The Morgan fingerprint density at radius 3 is 2.53 bits per heavy atom. The van der Waals surface area contributed by atoms with E-state index in [1.54, 1.807) is 0 Å². The van der Waals surface area contributed by atoms with Gasteiger partial charge in [-0.25, -0.2) is 9.59 Å². The van der Waals surface area contributed by atoms with Gasteiger partial charge in [-0.3, -0.25) is 4.79 Å². The molecular weight excluding hydrogens is 226 g/mol. The number of carboxylic acids is 1. The van der Waals surface area contributed by atoms with Gasteiger partial charge in [0.2, 0.25) is 5.91 Å². The van der Waals surface area contributed by atoms with Crippen LogP contribution in [0, 0.1) is 0 Å². The summed E-state index contributed by atoms with van der Waals surface area (Å²) in [6.07, 6.45) is 1.03. The number of primary amides is 1. The van der Waals surface area contributed by atoms with Crippen LogP contribution in [-0.4, -0.2) is 46.0 Å². The lowest BCUT2D eigenvalue weighted by molar-refractivity contribution is -0.147. The van der Waals surface area contributed by atoms with E-state index in [1.807, 2.05) is 0 Å². The molecule has 1 heterocycles. The molecule has 1 aliphatic heterocycles. The Kier molecular flexibility index (Phi) is 3.59. The molecular formula is C10H17N3O4. The van der Waals surface area contributed by atoms with Crippen LogP contribution in [-0.2, 0) is 9.59 Å². The molecule has 0 aromatic heterocycles. The number of carbonyl (C=O) groups is 3. The first kappa shape index (κ1) is 13.3. The van der Waals surface area contributed by atoms with Crippen LogP contribution in [0.25, 0.3) is 0 Å². The smallest absolute Gasteiger partial charge is 0.329 e. The second kappa shape index (κ2) is 4.60. The molecule has 0 bridgehead atoms. The number of carbonyl (C=O) groups excluding carboxylic acids is 2. The van der Waals surface area contributed by atoms with Gasteiger partial charge in [0.15, 0.2) is 0 Å². The molecule has 4 N–H and O–H groups in total. The second-order valence-electron chi connectivity index (χ2n) is 4.41. The number of urea groups is 1. The lowest BCUT2D eigenvalue weighted by Gasteiger charge is -2.31. The van der Waals surface area contributed by atoms with Crippen molar-refractivity contribution in [2.24, 2.45) is 5.73 Å². The van der Waals surface area contributed by atoms with Crippen molar-refractivity contribution in [2.75, 3.05) is 6.54 Å². The average molecular weight is 243 g/mol. The number of nitrogens with two attached hydrogens (primary N) is 1. The normalized spacial score (nSPS) is 25.4. The largest absolute Gasteiger partial charge is 0.480 e. The summed E-state index contributed by atoms with van der Waals surface area (Å²) < 4.78 is 0. The molecule has 1 fully saturated rings. The second-order valence-corrected chi connectivity index (χ2v) is 4.41. The van der Waals surface area contributed by atoms with Crippen LogP contribution in [0.2, 0.25) is 0 Å². The number of amides is 3. The van der Waals surface area contributed by atoms with E-state index in [9.17, 15) is 14.4 Å². The minimum atomic E-state index is -1.21. The van der Waals surface area contributed by atoms with Gasteiger partial charge < -0.3 is 21.1 Å². The maximum absolute atomic E-state index is 11.8. The Labute approximate surface area is 98.9 Å². The summed E-state index contributed by atoms with van der Waals surface area (Å²) in [5, 5.41) is 11.5. The van der Waals surface area contributed by atoms with Crippen molar-refractivity contribution in [2.45, 2.75) is 38.3 Å². The van der Waals surface area contributed by atoms with Crippen molar-refractivity contribution in [3.63, 3.8) is 0 Å². The number of nitrogens with zero attached hydrogens (tertiary/aromatic N) is 1. The third kappa shape index (κ3) is 2.48. The fraction of sp³-hybridized carbons (Fsp3) is 0.700. The molecule has 0 aromatic carbocycles. The zero-order valence-corrected chi connectivity index (χ0v) is 9.90. The minimum Gasteiger partial charge on any atom is -0.480 e. The molecule has 0 spiro atoms. The highest BCUT2D eigenvalue weighted by Crippen LogP contribution is 2.29. The number of carboxylic acid groups (broad SMARTS) is 1. The Morgan fingerprint density at radius 1 is 1.47 bits per heavy atom. The lowest BCUT2D eigenvalue weighted by atomic mass is 10.00. The Bertz CT molecular complexity index is 357. The van der Waals surface area contributed by atoms with Gasteiger partial charge in [0.1, 0.15) is 11.6 Å². The number of hydrogen-bond acceptors (Lipinski definition) is 3. The highest BCUT2D eigenvalue weighted by atomic mass is 16.4. The summed E-state index contributed by atoms with van der Waals surface area (Å²) in [7, 11) is 0. The van der Waals surface area contributed by atoms with E-state index in [1.165, 1.54) is 18.7 Å². The molecule has 1 rings (SSSR count). The maximum atomic E-state index is 11.8. The molecule has 3 amide bonds. The monoisotopic (exact) mass is 243 g/mol. The first-order valence-electron chi connectivity index (χ1n) is 5.40. The van der Waals surface area contributed by atoms with E-state index in [0.717, 1.165) is 0 Å². The molecule has 2 unspecified atom stereocenters. The van der Waals surface area contributed by atoms with Gasteiger partial charge in [-0.05, 0) is 26.7 Å². The van der Waals surface area contributed by atoms with Gasteiger partial charge in [0, 0.05) is 6.54 Å². The standard InChI is InChI=1S/C10H17N3O4/c1-6(7(11)14)12-9(17)13-5-3-4-10(13,2)8(15)16/h6H,3-5H2,1-2H3,(H2,11,14)(H,12,17)(H,15,16). The van der Waals surface area contributed by atoms with Crippen molar-refractivity contribution >= 4 is 17.9 Å². The van der Waals surface area contributed by atoms with Crippen LogP contribution in [0.1, 0.15) is 26.7 Å². The minimum absolute atomic E-state index is 0.361. The summed E-state index contributed by atoms with van der Waals surface area (Å²) in [5.74, 6) is -1.70. The number of rotatable bonds is 3. The molecule has 1 aliphatic rings. The summed E-state index contributed by atoms with van der Waals surface area (Å²) >= 11 is 0. The van der Waals surface area contributed by atoms with Gasteiger partial charge in [-0.2, -0.15) is 0 Å². The van der Waals surface area contributed by atoms with Crippen LogP contribution in [0.15, 0.2) is 0 Å². The third-order valence-electron chi connectivity index (χ3n) is 3.11. The SMILES string of the molecule is CC(NC(=O)N1CCCC1(C)C(=O)O)C(N)=O. The van der Waals surface area contributed by atoms with Crippen molar-refractivity contribution in [3.8, 4) is 0 Å². The highest BCUT2D eigenvalue weighted by molar-refractivity contribution is 5.89. The molecule has 7 nitrogen and oxygen atoms in total. The summed E-state index contributed by atoms with van der Waals surface area (Å²) in [6, 6.07) is -1.39. The topological polar surface area (TPSA) is 113 Å². The van der Waals surface area contributed by atoms with Crippen LogP contribution in [0.3, 0.4) is 0 Å². The lowest BCUT2D eigenvalue weighted by Crippen LogP contribution is -2.56. The van der Waals surface area contributed by atoms with Gasteiger partial charge in [0.05, 0.1) is 0 Å². The fourth-order valence-electron chi connectivity index (χ4n) is 1.85. The quantitative estimate of drug-likeness (QED) is 0.620. The molecule has 1 saturated heterocycles. The molecule has 0 aliphatic carbocycles. The molecule has 0 radical (unpaired) electrons. The average Bonchev–Trinajstić information content (AvgIpc) is 2.61. The molecule has 96 valence electrons. The van der Waals surface area contributed by atoms with Gasteiger partial charge >= 0.3 is 12.0 Å². The first-order valence-corrected chi connectivity index (χ1v) is 5.40. The van der Waals surface area contributed by atoms with E-state index in [0.29, 0.717) is 19.4 Å². The Hall–Kier alpha value is -1.79. The fourth-order valence-corrected chi connectivity index (χ4v) is 1.85. The van der Waals surface area contributed by atoms with E-state index in [2.05, 4.69) is 5.32 Å². The number of hydrogen-bond donors (Lipinski definition) is 3. The molecule has 2 atom stereocenters. The maximum Gasteiger partial charge on any atom is 0.329 e. The van der Waals surface area contributed by atoms with Crippen molar-refractivity contribution < 1.29 is 19.5 Å². The van der Waals surface area contributed by atoms with E-state index in [4.69, 9.17) is 10.8 Å². The zero-order chi connectivity index (χ0) is 13.2. The predicted molar refractivity (Wildman–Crippen MR) is 59.2 cm³/mol. The van der Waals surface area contributed by atoms with Crippen molar-refractivity contribution in [1.82, 2.24) is 10.2 Å². The number of nitrogens with one attached hydrogen (secondary N) is 1. The summed E-state index contributed by atoms with van der Waals surface area (Å²) in [6.45, 7) is 3.31. The Morgan fingerprint density at radius 2 is 2.06 bits per heavy atom. The zero-order valence-electron chi connectivity index (χ0n) is 9.90. The van der Waals surface area contributed by atoms with Crippen molar-refractivity contribution in [3.05, 3.63) is 0 Å². The summed E-state index contributed by atoms with van der Waals surface area (Å²) in [5.41, 5.74) is 3.81. The van der Waals surface area contributed by atoms with Gasteiger partial charge in [-0.1, -0.05) is 0 Å². The van der Waals surface area contributed by atoms with Crippen LogP contribution < -0.4 is 11.1 Å². The predicted octanol–water partition coefficient (Wildman–Crippen LogP) is -0.491. The first-order chi connectivity index (χ1) is 7.79. The number of aliphatic carboxylic acids is 1. The molecule has 0 saturated carbocycles. The molecule has 0 aromatic rings. The van der Waals surface area contributed by atoms with Crippen molar-refractivity contribution in [1.29, 1.82) is 0 Å². The van der Waals surface area contributed by atoms with Crippen LogP contribution >= 0.6 is 0 Å². The Balaban J connectivity index is 2.75. The van der Waals surface area contributed by atoms with Crippen LogP contribution in [0.4, 0.5) is 4.79 Å². The van der Waals surface area contributed by atoms with E-state index >= 15 is 0 Å². The highest BCUT2D eigenvalue weighted by Gasteiger charge is 2.46. The molecule has 7 heteroatoms. The van der Waals surface area contributed by atoms with Crippen LogP contribution in [0.5, 0.6) is 0 Å². The third-order valence-corrected chi connectivity index (χ3v) is 3.11. The van der Waals surface area contributed by atoms with Gasteiger partial charge in [-0.15, -0.1) is 0 Å². The van der Waals surface area contributed by atoms with Gasteiger partial charge in [0.25, 0.3) is 0 Å². The van der Waals surface area contributed by atoms with E-state index < -0.39 is 29.5 Å².